The van der Waals surface area contributed by atoms with Gasteiger partial charge in [-0.1, -0.05) is 0 Å². The van der Waals surface area contributed by atoms with Gasteiger partial charge in [-0.2, -0.15) is 5.10 Å². The summed E-state index contributed by atoms with van der Waals surface area (Å²) in [5.74, 6) is -0.0907. The number of fused-ring (bicyclic) bond motifs is 2. The summed E-state index contributed by atoms with van der Waals surface area (Å²) in [5.41, 5.74) is 7.35. The summed E-state index contributed by atoms with van der Waals surface area (Å²) in [7, 11) is 0. The molecule has 6 nitrogen and oxygen atoms in total. The topological polar surface area (TPSA) is 84.2 Å². The van der Waals surface area contributed by atoms with Gasteiger partial charge in [0.25, 0.3) is 5.91 Å². The van der Waals surface area contributed by atoms with E-state index in [0.717, 1.165) is 18.5 Å². The van der Waals surface area contributed by atoms with Gasteiger partial charge in [0.2, 0.25) is 0 Å². The van der Waals surface area contributed by atoms with Crippen LogP contribution in [0.3, 0.4) is 0 Å². The van der Waals surface area contributed by atoms with Crippen LogP contribution in [0, 0.1) is 6.92 Å². The summed E-state index contributed by atoms with van der Waals surface area (Å²) in [5, 5.41) is 6.72. The molecule has 2 aliphatic heterocycles. The molecule has 92 valence electrons. The number of H-pyrrole nitrogens is 1. The quantitative estimate of drug-likeness (QED) is 0.734. The zero-order valence-electron chi connectivity index (χ0n) is 9.77. The third-order valence-corrected chi connectivity index (χ3v) is 3.53. The molecule has 2 aliphatic rings. The zero-order valence-corrected chi connectivity index (χ0v) is 9.77. The number of nitrogens with one attached hydrogen (secondary N) is 1. The first-order valence-electron chi connectivity index (χ1n) is 5.90. The number of aryl methyl sites for hydroxylation is 1. The molecule has 1 aromatic heterocycles. The van der Waals surface area contributed by atoms with Crippen molar-refractivity contribution < 1.29 is 9.53 Å². The molecule has 2 unspecified atom stereocenters. The van der Waals surface area contributed by atoms with Crippen molar-refractivity contribution in [1.29, 1.82) is 0 Å². The number of carbonyl (C=O) groups excluding carboxylic acids is 1. The summed E-state index contributed by atoms with van der Waals surface area (Å²) in [6, 6.07) is 0. The number of carbonyl (C=O) groups is 1. The minimum absolute atomic E-state index is 0.0907. The van der Waals surface area contributed by atoms with Crippen LogP contribution in [0.25, 0.3) is 0 Å². The highest BCUT2D eigenvalue weighted by molar-refractivity contribution is 5.97. The molecule has 0 aliphatic carbocycles. The van der Waals surface area contributed by atoms with Gasteiger partial charge in [0.05, 0.1) is 23.6 Å². The molecule has 0 saturated carbocycles. The van der Waals surface area contributed by atoms with E-state index in [4.69, 9.17) is 10.5 Å². The average molecular weight is 236 g/mol. The Morgan fingerprint density at radius 3 is 2.65 bits per heavy atom. The molecule has 2 saturated heterocycles. The van der Waals surface area contributed by atoms with Gasteiger partial charge in [-0.25, -0.2) is 0 Å². The Hall–Kier alpha value is -1.56. The van der Waals surface area contributed by atoms with E-state index in [-0.39, 0.29) is 18.1 Å². The maximum Gasteiger partial charge on any atom is 0.276 e. The highest BCUT2D eigenvalue weighted by atomic mass is 16.5. The summed E-state index contributed by atoms with van der Waals surface area (Å²) in [6.07, 6.45) is 2.48. The molecule has 2 bridgehead atoms. The number of nitrogens with two attached hydrogens (primary N) is 1. The predicted octanol–water partition coefficient (Wildman–Crippen LogP) is 0.304. The number of nitrogen functional groups attached to an aromatic ring is 1. The number of hydrogen-bond acceptors (Lipinski definition) is 4. The number of morpholine rings is 1. The van der Waals surface area contributed by atoms with Crippen molar-refractivity contribution in [3.05, 3.63) is 11.4 Å². The average Bonchev–Trinajstić information content (AvgIpc) is 2.83. The second-order valence-corrected chi connectivity index (χ2v) is 4.78. The molecule has 2 fully saturated rings. The summed E-state index contributed by atoms with van der Waals surface area (Å²) < 4.78 is 5.70. The summed E-state index contributed by atoms with van der Waals surface area (Å²) >= 11 is 0. The predicted molar refractivity (Wildman–Crippen MR) is 61.5 cm³/mol. The minimum Gasteiger partial charge on any atom is -0.395 e. The zero-order chi connectivity index (χ0) is 12.0. The molecule has 3 rings (SSSR count). The van der Waals surface area contributed by atoms with Gasteiger partial charge >= 0.3 is 0 Å². The Bertz CT molecular complexity index is 444. The standard InChI is InChI=1S/C11H16N4O2/c1-6-9(12)10(14-13-6)11(16)15-4-7-2-3-8(5-15)17-7/h7-8H,2-5,12H2,1H3,(H,13,14). The fourth-order valence-electron chi connectivity index (χ4n) is 2.53. The van der Waals surface area contributed by atoms with Crippen molar-refractivity contribution in [3.63, 3.8) is 0 Å². The van der Waals surface area contributed by atoms with Gasteiger partial charge in [0.1, 0.15) is 0 Å². The van der Waals surface area contributed by atoms with Crippen molar-refractivity contribution >= 4 is 11.6 Å². The molecule has 0 aromatic carbocycles. The van der Waals surface area contributed by atoms with E-state index in [1.165, 1.54) is 0 Å². The third-order valence-electron chi connectivity index (χ3n) is 3.53. The number of aromatic nitrogens is 2. The van der Waals surface area contributed by atoms with E-state index in [1.54, 1.807) is 4.90 Å². The van der Waals surface area contributed by atoms with E-state index < -0.39 is 0 Å². The first-order chi connectivity index (χ1) is 8.15. The molecule has 2 atom stereocenters. The minimum atomic E-state index is -0.0907. The summed E-state index contributed by atoms with van der Waals surface area (Å²) in [4.78, 5) is 14.1. The lowest BCUT2D eigenvalue weighted by molar-refractivity contribution is -0.0305. The number of nitrogens with zero attached hydrogens (tertiary/aromatic N) is 2. The van der Waals surface area contributed by atoms with Crippen molar-refractivity contribution in [2.45, 2.75) is 32.0 Å². The van der Waals surface area contributed by atoms with E-state index in [2.05, 4.69) is 10.2 Å². The first kappa shape index (κ1) is 10.6. The van der Waals surface area contributed by atoms with Gasteiger partial charge in [-0.3, -0.25) is 9.89 Å². The van der Waals surface area contributed by atoms with Crippen LogP contribution in [0.1, 0.15) is 29.0 Å². The normalized spacial score (nSPS) is 27.5. The lowest BCUT2D eigenvalue weighted by Crippen LogP contribution is -2.46. The number of likely N-dealkylation sites (tertiary alicyclic amines) is 1. The SMILES string of the molecule is Cc1[nH]nc(C(=O)N2CC3CCC(C2)O3)c1N. The third kappa shape index (κ3) is 1.68. The van der Waals surface area contributed by atoms with Gasteiger partial charge in [-0.15, -0.1) is 0 Å². The second kappa shape index (κ2) is 3.73. The van der Waals surface area contributed by atoms with Gasteiger partial charge < -0.3 is 15.4 Å². The van der Waals surface area contributed by atoms with Crippen molar-refractivity contribution in [3.8, 4) is 0 Å². The van der Waals surface area contributed by atoms with E-state index >= 15 is 0 Å². The fraction of sp³-hybridized carbons (Fsp3) is 0.636. The first-order valence-corrected chi connectivity index (χ1v) is 5.90. The maximum atomic E-state index is 12.3. The lowest BCUT2D eigenvalue weighted by atomic mass is 10.2. The molecular weight excluding hydrogens is 220 g/mol. The number of anilines is 1. The summed E-state index contributed by atoms with van der Waals surface area (Å²) in [6.45, 7) is 3.11. The van der Waals surface area contributed by atoms with Crippen LogP contribution in [0.5, 0.6) is 0 Å². The van der Waals surface area contributed by atoms with Crippen molar-refractivity contribution in [2.24, 2.45) is 0 Å². The molecule has 17 heavy (non-hydrogen) atoms. The molecular formula is C11H16N4O2. The molecule has 0 radical (unpaired) electrons. The highest BCUT2D eigenvalue weighted by Gasteiger charge is 2.37. The molecule has 3 N–H and O–H groups in total. The molecule has 1 amide bonds. The Labute approximate surface area is 99.1 Å². The molecule has 0 spiro atoms. The number of amides is 1. The number of aromatic amines is 1. The highest BCUT2D eigenvalue weighted by Crippen LogP contribution is 2.27. The Morgan fingerprint density at radius 1 is 1.47 bits per heavy atom. The Balaban J connectivity index is 1.81. The van der Waals surface area contributed by atoms with E-state index in [0.29, 0.717) is 24.5 Å². The maximum absolute atomic E-state index is 12.3. The monoisotopic (exact) mass is 236 g/mol. The van der Waals surface area contributed by atoms with Crippen LogP contribution >= 0.6 is 0 Å². The lowest BCUT2D eigenvalue weighted by Gasteiger charge is -2.31. The van der Waals surface area contributed by atoms with Crippen LogP contribution in [-0.2, 0) is 4.74 Å². The Morgan fingerprint density at radius 2 is 2.12 bits per heavy atom. The number of ether oxygens (including phenoxy) is 1. The van der Waals surface area contributed by atoms with Crippen LogP contribution < -0.4 is 5.73 Å². The second-order valence-electron chi connectivity index (χ2n) is 4.78. The molecule has 1 aromatic rings. The van der Waals surface area contributed by atoms with Crippen LogP contribution in [-0.4, -0.2) is 46.3 Å². The van der Waals surface area contributed by atoms with Gasteiger partial charge in [-0.05, 0) is 19.8 Å². The van der Waals surface area contributed by atoms with Crippen molar-refractivity contribution in [2.75, 3.05) is 18.8 Å². The number of hydrogen-bond donors (Lipinski definition) is 2. The Kier molecular flexibility index (Phi) is 2.32. The smallest absolute Gasteiger partial charge is 0.276 e. The van der Waals surface area contributed by atoms with Crippen LogP contribution in [0.2, 0.25) is 0 Å². The van der Waals surface area contributed by atoms with E-state index in [9.17, 15) is 4.79 Å². The largest absolute Gasteiger partial charge is 0.395 e. The van der Waals surface area contributed by atoms with E-state index in [1.807, 2.05) is 6.92 Å². The van der Waals surface area contributed by atoms with Crippen molar-refractivity contribution in [1.82, 2.24) is 15.1 Å². The molecule has 6 heteroatoms. The molecule has 3 heterocycles. The van der Waals surface area contributed by atoms with Gasteiger partial charge in [0, 0.05) is 13.1 Å². The van der Waals surface area contributed by atoms with Crippen LogP contribution in [0.4, 0.5) is 5.69 Å². The van der Waals surface area contributed by atoms with Gasteiger partial charge in [0.15, 0.2) is 5.69 Å². The fourth-order valence-corrected chi connectivity index (χ4v) is 2.53. The van der Waals surface area contributed by atoms with Crippen LogP contribution in [0.15, 0.2) is 0 Å². The number of rotatable bonds is 1.